The second-order valence-electron chi connectivity index (χ2n) is 6.79. The van der Waals surface area contributed by atoms with Crippen LogP contribution >= 0.6 is 0 Å². The fourth-order valence-electron chi connectivity index (χ4n) is 3.24. The number of pyridine rings is 1. The summed E-state index contributed by atoms with van der Waals surface area (Å²) in [7, 11) is 1.62. The first-order chi connectivity index (χ1) is 13.0. The lowest BCUT2D eigenvalue weighted by Gasteiger charge is -2.32. The average Bonchev–Trinajstić information content (AvgIpc) is 2.68. The van der Waals surface area contributed by atoms with E-state index < -0.39 is 5.82 Å². The number of piperidine rings is 1. The molecule has 2 amide bonds. The summed E-state index contributed by atoms with van der Waals surface area (Å²) in [5.74, 6) is -0.758. The minimum absolute atomic E-state index is 0.179. The number of nitrogens with zero attached hydrogens (tertiary/aromatic N) is 2. The molecule has 0 saturated carbocycles. The van der Waals surface area contributed by atoms with Gasteiger partial charge in [-0.25, -0.2) is 4.39 Å². The van der Waals surface area contributed by atoms with Gasteiger partial charge in [-0.15, -0.1) is 0 Å². The van der Waals surface area contributed by atoms with Gasteiger partial charge in [-0.1, -0.05) is 6.07 Å². The third kappa shape index (κ3) is 4.42. The van der Waals surface area contributed by atoms with Crippen molar-refractivity contribution in [2.75, 3.05) is 19.6 Å². The van der Waals surface area contributed by atoms with Gasteiger partial charge in [0.05, 0.1) is 0 Å². The highest BCUT2D eigenvalue weighted by atomic mass is 19.1. The molecule has 0 spiro atoms. The van der Waals surface area contributed by atoms with Crippen molar-refractivity contribution in [2.24, 2.45) is 13.0 Å². The van der Waals surface area contributed by atoms with E-state index in [4.69, 9.17) is 0 Å². The van der Waals surface area contributed by atoms with Crippen molar-refractivity contribution in [3.05, 3.63) is 69.9 Å². The number of amides is 2. The van der Waals surface area contributed by atoms with Crippen molar-refractivity contribution in [1.82, 2.24) is 14.8 Å². The van der Waals surface area contributed by atoms with E-state index in [1.165, 1.54) is 22.8 Å². The van der Waals surface area contributed by atoms with Crippen molar-refractivity contribution >= 4 is 11.8 Å². The van der Waals surface area contributed by atoms with E-state index in [2.05, 4.69) is 5.32 Å². The molecule has 6 nitrogen and oxygen atoms in total. The summed E-state index contributed by atoms with van der Waals surface area (Å²) < 4.78 is 14.6. The molecule has 0 radical (unpaired) electrons. The second kappa shape index (κ2) is 8.16. The number of hydrogen-bond donors (Lipinski definition) is 1. The lowest BCUT2D eigenvalue weighted by molar-refractivity contribution is 0.0682. The molecule has 7 heteroatoms. The standard InChI is InChI=1S/C20H22FN3O3/c1-23-9-3-6-17(19(23)26)20(27)24-10-7-14(8-11-24)13-22-18(25)15-4-2-5-16(21)12-15/h2-6,9,12,14H,7-8,10-11,13H2,1H3,(H,22,25). The number of hydrogen-bond acceptors (Lipinski definition) is 3. The van der Waals surface area contributed by atoms with Gasteiger partial charge in [0.25, 0.3) is 17.4 Å². The number of likely N-dealkylation sites (tertiary alicyclic amines) is 1. The predicted molar refractivity (Wildman–Crippen MR) is 99.0 cm³/mol. The zero-order valence-electron chi connectivity index (χ0n) is 15.2. The monoisotopic (exact) mass is 371 g/mol. The molecule has 1 aliphatic rings. The molecule has 1 saturated heterocycles. The quantitative estimate of drug-likeness (QED) is 0.891. The first kappa shape index (κ1) is 18.8. The third-order valence-electron chi connectivity index (χ3n) is 4.89. The summed E-state index contributed by atoms with van der Waals surface area (Å²) in [6.07, 6.45) is 3.09. The van der Waals surface area contributed by atoms with Crippen LogP contribution in [0.2, 0.25) is 0 Å². The molecule has 1 fully saturated rings. The van der Waals surface area contributed by atoms with E-state index in [1.807, 2.05) is 0 Å². The summed E-state index contributed by atoms with van der Waals surface area (Å²) in [5.41, 5.74) is 0.173. The molecule has 2 aromatic rings. The van der Waals surface area contributed by atoms with E-state index in [0.717, 1.165) is 12.8 Å². The molecule has 1 aliphatic heterocycles. The largest absolute Gasteiger partial charge is 0.352 e. The number of aryl methyl sites for hydroxylation is 1. The molecule has 1 N–H and O–H groups in total. The topological polar surface area (TPSA) is 71.4 Å². The molecule has 142 valence electrons. The maximum absolute atomic E-state index is 13.2. The van der Waals surface area contributed by atoms with E-state index in [-0.39, 0.29) is 28.9 Å². The Morgan fingerprint density at radius 1 is 1.19 bits per heavy atom. The van der Waals surface area contributed by atoms with Gasteiger partial charge in [0.15, 0.2) is 0 Å². The molecule has 3 rings (SSSR count). The highest BCUT2D eigenvalue weighted by Gasteiger charge is 2.25. The van der Waals surface area contributed by atoms with Gasteiger partial charge in [0, 0.05) is 38.4 Å². The first-order valence-corrected chi connectivity index (χ1v) is 8.94. The van der Waals surface area contributed by atoms with Gasteiger partial charge < -0.3 is 14.8 Å². The van der Waals surface area contributed by atoms with Gasteiger partial charge in [-0.2, -0.15) is 0 Å². The van der Waals surface area contributed by atoms with Gasteiger partial charge in [-0.05, 0) is 49.1 Å². The van der Waals surface area contributed by atoms with Crippen LogP contribution in [-0.2, 0) is 7.05 Å². The van der Waals surface area contributed by atoms with Gasteiger partial charge in [-0.3, -0.25) is 14.4 Å². The summed E-state index contributed by atoms with van der Waals surface area (Å²) in [6.45, 7) is 1.55. The first-order valence-electron chi connectivity index (χ1n) is 8.94. The lowest BCUT2D eigenvalue weighted by atomic mass is 9.96. The molecule has 0 aliphatic carbocycles. The Morgan fingerprint density at radius 2 is 1.93 bits per heavy atom. The Balaban J connectivity index is 1.52. The Morgan fingerprint density at radius 3 is 2.63 bits per heavy atom. The summed E-state index contributed by atoms with van der Waals surface area (Å²) in [5, 5.41) is 2.83. The van der Waals surface area contributed by atoms with Crippen LogP contribution in [0.5, 0.6) is 0 Å². The van der Waals surface area contributed by atoms with Crippen LogP contribution in [0, 0.1) is 11.7 Å². The van der Waals surface area contributed by atoms with Crippen LogP contribution in [0.15, 0.2) is 47.4 Å². The number of nitrogens with one attached hydrogen (secondary N) is 1. The maximum Gasteiger partial charge on any atom is 0.263 e. The van der Waals surface area contributed by atoms with Crippen LogP contribution < -0.4 is 10.9 Å². The number of rotatable bonds is 4. The molecule has 27 heavy (non-hydrogen) atoms. The summed E-state index contributed by atoms with van der Waals surface area (Å²) >= 11 is 0. The van der Waals surface area contributed by atoms with Crippen molar-refractivity contribution in [2.45, 2.75) is 12.8 Å². The summed E-state index contributed by atoms with van der Waals surface area (Å²) in [6, 6.07) is 8.81. The maximum atomic E-state index is 13.2. The van der Waals surface area contributed by atoms with E-state index >= 15 is 0 Å². The third-order valence-corrected chi connectivity index (χ3v) is 4.89. The van der Waals surface area contributed by atoms with Crippen molar-refractivity contribution in [1.29, 1.82) is 0 Å². The van der Waals surface area contributed by atoms with E-state index in [9.17, 15) is 18.8 Å². The highest BCUT2D eigenvalue weighted by molar-refractivity contribution is 5.94. The van der Waals surface area contributed by atoms with Crippen LogP contribution in [0.1, 0.15) is 33.6 Å². The fraction of sp³-hybridized carbons (Fsp3) is 0.350. The van der Waals surface area contributed by atoms with Crippen LogP contribution in [0.25, 0.3) is 0 Å². The smallest absolute Gasteiger partial charge is 0.263 e. The Bertz CT molecular complexity index is 901. The normalized spacial score (nSPS) is 14.8. The summed E-state index contributed by atoms with van der Waals surface area (Å²) in [4.78, 5) is 38.4. The molecule has 1 aromatic heterocycles. The molecule has 0 atom stereocenters. The van der Waals surface area contributed by atoms with Gasteiger partial charge in [0.1, 0.15) is 11.4 Å². The molecule has 0 unspecified atom stereocenters. The minimum Gasteiger partial charge on any atom is -0.352 e. The zero-order chi connectivity index (χ0) is 19.4. The van der Waals surface area contributed by atoms with Crippen molar-refractivity contribution < 1.29 is 14.0 Å². The molecule has 0 bridgehead atoms. The Labute approximate surface area is 156 Å². The molecule has 2 heterocycles. The lowest BCUT2D eigenvalue weighted by Crippen LogP contribution is -2.43. The predicted octanol–water partition coefficient (Wildman–Crippen LogP) is 1.81. The Kier molecular flexibility index (Phi) is 5.69. The van der Waals surface area contributed by atoms with Crippen LogP contribution in [0.3, 0.4) is 0 Å². The number of halogens is 1. The van der Waals surface area contributed by atoms with Gasteiger partial charge in [0.2, 0.25) is 0 Å². The number of carbonyl (C=O) groups is 2. The number of aromatic nitrogens is 1. The SMILES string of the molecule is Cn1cccc(C(=O)N2CCC(CNC(=O)c3cccc(F)c3)CC2)c1=O. The molecule has 1 aromatic carbocycles. The van der Waals surface area contributed by atoms with Crippen LogP contribution in [0.4, 0.5) is 4.39 Å². The minimum atomic E-state index is -0.443. The molecular weight excluding hydrogens is 349 g/mol. The number of carbonyl (C=O) groups excluding carboxylic acids is 2. The second-order valence-corrected chi connectivity index (χ2v) is 6.79. The van der Waals surface area contributed by atoms with Crippen molar-refractivity contribution in [3.63, 3.8) is 0 Å². The zero-order valence-corrected chi connectivity index (χ0v) is 15.2. The highest BCUT2D eigenvalue weighted by Crippen LogP contribution is 2.18. The van der Waals surface area contributed by atoms with Gasteiger partial charge >= 0.3 is 0 Å². The van der Waals surface area contributed by atoms with Crippen molar-refractivity contribution in [3.8, 4) is 0 Å². The van der Waals surface area contributed by atoms with E-state index in [1.54, 1.807) is 36.3 Å². The average molecular weight is 371 g/mol. The van der Waals surface area contributed by atoms with Crippen LogP contribution in [-0.4, -0.2) is 40.9 Å². The fourth-order valence-corrected chi connectivity index (χ4v) is 3.24. The Hall–Kier alpha value is -2.96. The molecular formula is C20H22FN3O3. The van der Waals surface area contributed by atoms with E-state index in [0.29, 0.717) is 25.2 Å². The number of benzene rings is 1.